The minimum atomic E-state index is -3.02. The summed E-state index contributed by atoms with van der Waals surface area (Å²) in [6, 6.07) is 7.53. The zero-order chi connectivity index (χ0) is 15.2. The first kappa shape index (κ1) is 17.0. The first-order valence-corrected chi connectivity index (χ1v) is 8.71. The molecule has 2 N–H and O–H groups in total. The lowest BCUT2D eigenvalue weighted by Gasteiger charge is -2.16. The van der Waals surface area contributed by atoms with Gasteiger partial charge in [0.05, 0.1) is 17.6 Å². The molecule has 1 rings (SSSR count). The molecule has 0 aliphatic heterocycles. The van der Waals surface area contributed by atoms with Crippen molar-refractivity contribution < 1.29 is 13.2 Å². The van der Waals surface area contributed by atoms with Crippen LogP contribution in [-0.2, 0) is 16.4 Å². The second kappa shape index (κ2) is 7.64. The van der Waals surface area contributed by atoms with Gasteiger partial charge in [0, 0.05) is 6.54 Å². The molecule has 1 aromatic rings. The predicted octanol–water partition coefficient (Wildman–Crippen LogP) is 2.37. The van der Waals surface area contributed by atoms with Gasteiger partial charge in [-0.05, 0) is 37.0 Å². The molecule has 1 aromatic carbocycles. The largest absolute Gasteiger partial charge is 0.494 e. The van der Waals surface area contributed by atoms with Gasteiger partial charge in [-0.15, -0.1) is 0 Å². The van der Waals surface area contributed by atoms with Crippen LogP contribution in [0.5, 0.6) is 5.75 Å². The average Bonchev–Trinajstić information content (AvgIpc) is 2.43. The molecule has 1 unspecified atom stereocenters. The van der Waals surface area contributed by atoms with Gasteiger partial charge in [0.15, 0.2) is 9.84 Å². The van der Waals surface area contributed by atoms with Crippen molar-refractivity contribution in [3.05, 3.63) is 29.8 Å². The van der Waals surface area contributed by atoms with Crippen LogP contribution in [0.4, 0.5) is 0 Å². The third kappa shape index (κ3) is 5.13. The molecule has 114 valence electrons. The number of benzene rings is 1. The molecule has 0 amide bonds. The highest BCUT2D eigenvalue weighted by atomic mass is 32.2. The topological polar surface area (TPSA) is 69.4 Å². The molecule has 0 aliphatic rings. The summed E-state index contributed by atoms with van der Waals surface area (Å²) >= 11 is 0. The van der Waals surface area contributed by atoms with Gasteiger partial charge in [0.2, 0.25) is 0 Å². The third-order valence-corrected chi connectivity index (χ3v) is 6.04. The predicted molar refractivity (Wildman–Crippen MR) is 82.5 cm³/mol. The molecule has 4 nitrogen and oxygen atoms in total. The maximum absolute atomic E-state index is 12.0. The Hall–Kier alpha value is -1.07. The van der Waals surface area contributed by atoms with Crippen molar-refractivity contribution in [1.82, 2.24) is 0 Å². The van der Waals surface area contributed by atoms with Gasteiger partial charge in [-0.1, -0.05) is 26.0 Å². The number of rotatable bonds is 8. The second-order valence-electron chi connectivity index (χ2n) is 5.37. The van der Waals surface area contributed by atoms with Gasteiger partial charge in [-0.3, -0.25) is 0 Å². The third-order valence-electron chi connectivity index (χ3n) is 3.51. The van der Waals surface area contributed by atoms with Crippen LogP contribution in [0.1, 0.15) is 32.8 Å². The summed E-state index contributed by atoms with van der Waals surface area (Å²) in [5.41, 5.74) is 6.56. The summed E-state index contributed by atoms with van der Waals surface area (Å²) < 4.78 is 29.5. The number of hydrogen-bond acceptors (Lipinski definition) is 4. The van der Waals surface area contributed by atoms with Crippen molar-refractivity contribution in [3.8, 4) is 5.75 Å². The molecule has 0 heterocycles. The lowest BCUT2D eigenvalue weighted by molar-refractivity contribution is 0.317. The van der Waals surface area contributed by atoms with E-state index in [-0.39, 0.29) is 16.9 Å². The van der Waals surface area contributed by atoms with Crippen molar-refractivity contribution in [1.29, 1.82) is 0 Å². The molecule has 0 spiro atoms. The van der Waals surface area contributed by atoms with Crippen LogP contribution in [-0.4, -0.2) is 26.0 Å². The number of sulfone groups is 1. The molecular weight excluding hydrogens is 274 g/mol. The molecule has 0 aromatic heterocycles. The summed E-state index contributed by atoms with van der Waals surface area (Å²) in [6.45, 7) is 6.54. The lowest BCUT2D eigenvalue weighted by atomic mass is 10.2. The maximum atomic E-state index is 12.0. The van der Waals surface area contributed by atoms with Gasteiger partial charge in [0.1, 0.15) is 5.75 Å². The summed E-state index contributed by atoms with van der Waals surface area (Å²) in [6.07, 6.45) is 0.512. The zero-order valence-corrected chi connectivity index (χ0v) is 13.3. The summed E-state index contributed by atoms with van der Waals surface area (Å²) in [5.74, 6) is 1.06. The SMILES string of the molecule is CC(C)C(C)S(=O)(=O)CCCOc1ccc(CN)cc1. The van der Waals surface area contributed by atoms with Crippen LogP contribution in [0.3, 0.4) is 0 Å². The highest BCUT2D eigenvalue weighted by Crippen LogP contribution is 2.15. The van der Waals surface area contributed by atoms with Crippen LogP contribution in [0.2, 0.25) is 0 Å². The molecule has 0 radical (unpaired) electrons. The average molecular weight is 299 g/mol. The van der Waals surface area contributed by atoms with Crippen molar-refractivity contribution in [2.45, 2.75) is 39.0 Å². The standard InChI is InChI=1S/C15H25NO3S/c1-12(2)13(3)20(17,18)10-4-9-19-15-7-5-14(11-16)6-8-15/h5-8,12-13H,4,9-11,16H2,1-3H3. The smallest absolute Gasteiger partial charge is 0.153 e. The highest BCUT2D eigenvalue weighted by Gasteiger charge is 2.23. The first-order valence-electron chi connectivity index (χ1n) is 7.00. The Morgan fingerprint density at radius 1 is 1.15 bits per heavy atom. The van der Waals surface area contributed by atoms with Crippen LogP contribution in [0, 0.1) is 5.92 Å². The van der Waals surface area contributed by atoms with E-state index >= 15 is 0 Å². The molecule has 0 saturated carbocycles. The Kier molecular flexibility index (Phi) is 6.49. The van der Waals surface area contributed by atoms with Crippen LogP contribution in [0.25, 0.3) is 0 Å². The monoisotopic (exact) mass is 299 g/mol. The van der Waals surface area contributed by atoms with Crippen molar-refractivity contribution in [2.24, 2.45) is 11.7 Å². The molecule has 0 saturated heterocycles. The van der Waals surface area contributed by atoms with E-state index in [0.29, 0.717) is 19.6 Å². The van der Waals surface area contributed by atoms with Gasteiger partial charge >= 0.3 is 0 Å². The van der Waals surface area contributed by atoms with Gasteiger partial charge in [-0.25, -0.2) is 8.42 Å². The second-order valence-corrected chi connectivity index (χ2v) is 7.84. The van der Waals surface area contributed by atoms with E-state index in [4.69, 9.17) is 10.5 Å². The van der Waals surface area contributed by atoms with Crippen molar-refractivity contribution in [2.75, 3.05) is 12.4 Å². The minimum absolute atomic E-state index is 0.143. The molecule has 1 atom stereocenters. The van der Waals surface area contributed by atoms with E-state index in [2.05, 4.69) is 0 Å². The Morgan fingerprint density at radius 3 is 2.25 bits per heavy atom. The lowest BCUT2D eigenvalue weighted by Crippen LogP contribution is -2.26. The molecule has 0 bridgehead atoms. The van der Waals surface area contributed by atoms with Gasteiger partial charge in [-0.2, -0.15) is 0 Å². The molecule has 0 fully saturated rings. The summed E-state index contributed by atoms with van der Waals surface area (Å²) in [4.78, 5) is 0. The Morgan fingerprint density at radius 2 is 1.75 bits per heavy atom. The van der Waals surface area contributed by atoms with E-state index in [1.165, 1.54) is 0 Å². The first-order chi connectivity index (χ1) is 9.36. The fraction of sp³-hybridized carbons (Fsp3) is 0.600. The number of ether oxygens (including phenoxy) is 1. The van der Waals surface area contributed by atoms with E-state index in [1.807, 2.05) is 38.1 Å². The number of nitrogens with two attached hydrogens (primary N) is 1. The fourth-order valence-electron chi connectivity index (χ4n) is 1.77. The van der Waals surface area contributed by atoms with Crippen LogP contribution >= 0.6 is 0 Å². The quantitative estimate of drug-likeness (QED) is 0.748. The number of hydrogen-bond donors (Lipinski definition) is 1. The maximum Gasteiger partial charge on any atom is 0.153 e. The Balaban J connectivity index is 2.37. The fourth-order valence-corrected chi connectivity index (χ4v) is 3.49. The molecule has 20 heavy (non-hydrogen) atoms. The zero-order valence-electron chi connectivity index (χ0n) is 12.5. The Labute approximate surface area is 122 Å². The summed E-state index contributed by atoms with van der Waals surface area (Å²) in [7, 11) is -3.02. The molecule has 0 aliphatic carbocycles. The van der Waals surface area contributed by atoms with E-state index in [9.17, 15) is 8.42 Å². The van der Waals surface area contributed by atoms with Crippen LogP contribution in [0.15, 0.2) is 24.3 Å². The van der Waals surface area contributed by atoms with E-state index < -0.39 is 9.84 Å². The van der Waals surface area contributed by atoms with E-state index in [1.54, 1.807) is 6.92 Å². The highest BCUT2D eigenvalue weighted by molar-refractivity contribution is 7.92. The van der Waals surface area contributed by atoms with Gasteiger partial charge in [0.25, 0.3) is 0 Å². The molecular formula is C15H25NO3S. The van der Waals surface area contributed by atoms with Crippen molar-refractivity contribution >= 4 is 9.84 Å². The van der Waals surface area contributed by atoms with E-state index in [0.717, 1.165) is 11.3 Å². The normalized spacial score (nSPS) is 13.4. The van der Waals surface area contributed by atoms with Crippen molar-refractivity contribution in [3.63, 3.8) is 0 Å². The van der Waals surface area contributed by atoms with Crippen LogP contribution < -0.4 is 10.5 Å². The summed E-state index contributed by atoms with van der Waals surface area (Å²) in [5, 5.41) is -0.300. The van der Waals surface area contributed by atoms with Gasteiger partial charge < -0.3 is 10.5 Å². The molecule has 5 heteroatoms. The Bertz CT molecular complexity index is 494. The minimum Gasteiger partial charge on any atom is -0.494 e.